The Hall–Kier alpha value is -0.983. The van der Waals surface area contributed by atoms with Crippen molar-refractivity contribution in [3.63, 3.8) is 0 Å². The largest absolute Gasteiger partial charge is 0.481 e. The third-order valence-corrected chi connectivity index (χ3v) is 5.37. The highest BCUT2D eigenvalue weighted by molar-refractivity contribution is 6.76. The molecule has 7 heteroatoms. The van der Waals surface area contributed by atoms with Crippen LogP contribution in [0.15, 0.2) is 0 Å². The SMILES string of the molecule is C[Si](C)(C)CCOC(=O)CC(CC1CC(F)(F)C1)C(=O)O. The van der Waals surface area contributed by atoms with Crippen LogP contribution in [0.5, 0.6) is 0 Å². The van der Waals surface area contributed by atoms with Crippen LogP contribution in [0.2, 0.25) is 25.7 Å². The number of esters is 1. The first-order valence-electron chi connectivity index (χ1n) is 7.25. The first-order valence-corrected chi connectivity index (χ1v) is 11.0. The fraction of sp³-hybridized carbons (Fsp3) is 0.857. The molecule has 0 spiro atoms. The van der Waals surface area contributed by atoms with Crippen molar-refractivity contribution >= 4 is 20.0 Å². The van der Waals surface area contributed by atoms with E-state index in [0.29, 0.717) is 6.61 Å². The third-order valence-electron chi connectivity index (χ3n) is 3.67. The van der Waals surface area contributed by atoms with Gasteiger partial charge in [0.05, 0.1) is 18.9 Å². The summed E-state index contributed by atoms with van der Waals surface area (Å²) in [6.07, 6.45) is -0.667. The van der Waals surface area contributed by atoms with Crippen LogP contribution in [0.3, 0.4) is 0 Å². The number of aliphatic carboxylic acids is 1. The molecule has 0 aromatic rings. The van der Waals surface area contributed by atoms with Crippen molar-refractivity contribution in [2.75, 3.05) is 6.61 Å². The molecule has 0 bridgehead atoms. The number of carboxylic acids is 1. The Morgan fingerprint density at radius 1 is 1.33 bits per heavy atom. The summed E-state index contributed by atoms with van der Waals surface area (Å²) in [5.41, 5.74) is 0. The molecule has 1 N–H and O–H groups in total. The van der Waals surface area contributed by atoms with Crippen molar-refractivity contribution in [2.45, 2.75) is 57.3 Å². The maximum absolute atomic E-state index is 12.7. The number of hydrogen-bond donors (Lipinski definition) is 1. The van der Waals surface area contributed by atoms with Crippen LogP contribution in [0.1, 0.15) is 25.7 Å². The van der Waals surface area contributed by atoms with Crippen molar-refractivity contribution in [1.82, 2.24) is 0 Å². The maximum atomic E-state index is 12.7. The second-order valence-corrected chi connectivity index (χ2v) is 12.8. The average molecular weight is 322 g/mol. The quantitative estimate of drug-likeness (QED) is 0.549. The predicted molar refractivity (Wildman–Crippen MR) is 77.1 cm³/mol. The summed E-state index contributed by atoms with van der Waals surface area (Å²) in [5.74, 6) is -5.56. The molecule has 1 fully saturated rings. The summed E-state index contributed by atoms with van der Waals surface area (Å²) in [4.78, 5) is 22.8. The zero-order valence-corrected chi connectivity index (χ0v) is 13.8. The molecule has 0 aromatic carbocycles. The predicted octanol–water partition coefficient (Wildman–Crippen LogP) is 3.39. The molecule has 0 saturated heterocycles. The number of carbonyl (C=O) groups is 2. The molecule has 0 amide bonds. The lowest BCUT2D eigenvalue weighted by molar-refractivity contribution is -0.155. The molecule has 0 radical (unpaired) electrons. The second-order valence-electron chi connectivity index (χ2n) is 7.14. The van der Waals surface area contributed by atoms with Crippen molar-refractivity contribution in [3.8, 4) is 0 Å². The second kappa shape index (κ2) is 6.85. The molecule has 0 aromatic heterocycles. The van der Waals surface area contributed by atoms with Crippen LogP contribution in [-0.2, 0) is 14.3 Å². The highest BCUT2D eigenvalue weighted by Gasteiger charge is 2.46. The number of hydrogen-bond acceptors (Lipinski definition) is 3. The summed E-state index contributed by atoms with van der Waals surface area (Å²) in [7, 11) is -1.30. The Balaban J connectivity index is 2.33. The summed E-state index contributed by atoms with van der Waals surface area (Å²) in [6, 6.07) is 0.825. The van der Waals surface area contributed by atoms with Gasteiger partial charge >= 0.3 is 11.9 Å². The molecule has 1 aliphatic rings. The standard InChI is InChI=1S/C14H24F2O4Si/c1-21(2,3)5-4-20-12(17)7-11(13(18)19)6-10-8-14(15,16)9-10/h10-11H,4-9H2,1-3H3,(H,18,19). The van der Waals surface area contributed by atoms with Gasteiger partial charge in [0.15, 0.2) is 0 Å². The van der Waals surface area contributed by atoms with Crippen LogP contribution in [0, 0.1) is 11.8 Å². The monoisotopic (exact) mass is 322 g/mol. The number of rotatable bonds is 8. The van der Waals surface area contributed by atoms with Crippen LogP contribution in [0.4, 0.5) is 8.78 Å². The minimum absolute atomic E-state index is 0.119. The molecule has 1 rings (SSSR count). The van der Waals surface area contributed by atoms with Crippen LogP contribution in [0.25, 0.3) is 0 Å². The molecule has 1 atom stereocenters. The van der Waals surface area contributed by atoms with Crippen molar-refractivity contribution < 1.29 is 28.2 Å². The Labute approximate surface area is 124 Å². The lowest BCUT2D eigenvalue weighted by Gasteiger charge is -2.36. The van der Waals surface area contributed by atoms with Crippen LogP contribution in [-0.4, -0.2) is 37.6 Å². The van der Waals surface area contributed by atoms with Gasteiger partial charge in [-0.15, -0.1) is 0 Å². The molecule has 122 valence electrons. The van der Waals surface area contributed by atoms with Gasteiger partial charge in [0, 0.05) is 20.9 Å². The van der Waals surface area contributed by atoms with E-state index in [1.807, 2.05) is 0 Å². The van der Waals surface area contributed by atoms with E-state index < -0.39 is 31.9 Å². The first-order chi connectivity index (χ1) is 9.48. The third kappa shape index (κ3) is 7.02. The normalized spacial score (nSPS) is 19.7. The Morgan fingerprint density at radius 2 is 1.90 bits per heavy atom. The lowest BCUT2D eigenvalue weighted by atomic mass is 9.75. The number of ether oxygens (including phenoxy) is 1. The van der Waals surface area contributed by atoms with Gasteiger partial charge in [0.2, 0.25) is 5.92 Å². The highest BCUT2D eigenvalue weighted by atomic mass is 28.3. The van der Waals surface area contributed by atoms with Crippen LogP contribution >= 0.6 is 0 Å². The van der Waals surface area contributed by atoms with E-state index in [2.05, 4.69) is 19.6 Å². The van der Waals surface area contributed by atoms with Crippen molar-refractivity contribution in [1.29, 1.82) is 0 Å². The van der Waals surface area contributed by atoms with Gasteiger partial charge in [-0.1, -0.05) is 19.6 Å². The number of carboxylic acid groups (broad SMARTS) is 1. The van der Waals surface area contributed by atoms with E-state index in [1.54, 1.807) is 0 Å². The van der Waals surface area contributed by atoms with Gasteiger partial charge in [-0.2, -0.15) is 0 Å². The Morgan fingerprint density at radius 3 is 2.33 bits per heavy atom. The molecule has 1 saturated carbocycles. The number of alkyl halides is 2. The molecule has 21 heavy (non-hydrogen) atoms. The van der Waals surface area contributed by atoms with Gasteiger partial charge in [0.1, 0.15) is 0 Å². The zero-order chi connectivity index (χ0) is 16.3. The fourth-order valence-corrected chi connectivity index (χ4v) is 3.07. The molecule has 0 aliphatic heterocycles. The minimum atomic E-state index is -2.66. The molecule has 4 nitrogen and oxygen atoms in total. The van der Waals surface area contributed by atoms with Gasteiger partial charge in [-0.3, -0.25) is 9.59 Å². The summed E-state index contributed by atoms with van der Waals surface area (Å²) in [5, 5.41) is 9.09. The Kier molecular flexibility index (Phi) is 5.89. The van der Waals surface area contributed by atoms with E-state index in [-0.39, 0.29) is 31.6 Å². The van der Waals surface area contributed by atoms with E-state index in [1.165, 1.54) is 0 Å². The van der Waals surface area contributed by atoms with Crippen LogP contribution < -0.4 is 0 Å². The molecule has 1 aliphatic carbocycles. The summed E-state index contributed by atoms with van der Waals surface area (Å²) >= 11 is 0. The van der Waals surface area contributed by atoms with Gasteiger partial charge in [-0.05, 0) is 18.4 Å². The van der Waals surface area contributed by atoms with Gasteiger partial charge in [-0.25, -0.2) is 8.78 Å². The first kappa shape index (κ1) is 18.1. The average Bonchev–Trinajstić information content (AvgIpc) is 2.23. The topological polar surface area (TPSA) is 63.6 Å². The minimum Gasteiger partial charge on any atom is -0.481 e. The maximum Gasteiger partial charge on any atom is 0.307 e. The van der Waals surface area contributed by atoms with E-state index in [9.17, 15) is 18.4 Å². The van der Waals surface area contributed by atoms with E-state index in [0.717, 1.165) is 6.04 Å². The lowest BCUT2D eigenvalue weighted by Crippen LogP contribution is -2.37. The van der Waals surface area contributed by atoms with Crippen molar-refractivity contribution in [2.24, 2.45) is 11.8 Å². The molecular formula is C14H24F2O4Si. The summed E-state index contributed by atoms with van der Waals surface area (Å²) in [6.45, 7) is 6.76. The Bertz CT molecular complexity index is 385. The number of carbonyl (C=O) groups excluding carboxylic acids is 1. The number of halogens is 2. The molecule has 0 heterocycles. The van der Waals surface area contributed by atoms with Gasteiger partial charge in [0.25, 0.3) is 0 Å². The van der Waals surface area contributed by atoms with E-state index >= 15 is 0 Å². The molecule has 1 unspecified atom stereocenters. The fourth-order valence-electron chi connectivity index (χ4n) is 2.36. The van der Waals surface area contributed by atoms with Crippen molar-refractivity contribution in [3.05, 3.63) is 0 Å². The summed E-state index contributed by atoms with van der Waals surface area (Å²) < 4.78 is 30.5. The van der Waals surface area contributed by atoms with E-state index in [4.69, 9.17) is 9.84 Å². The molecular weight excluding hydrogens is 298 g/mol. The zero-order valence-electron chi connectivity index (χ0n) is 12.8. The highest BCUT2D eigenvalue weighted by Crippen LogP contribution is 2.45. The smallest absolute Gasteiger partial charge is 0.307 e. The van der Waals surface area contributed by atoms with Gasteiger partial charge < -0.3 is 9.84 Å².